The smallest absolute Gasteiger partial charge is 0.333 e. The molecule has 0 aromatic heterocycles. The van der Waals surface area contributed by atoms with E-state index in [2.05, 4.69) is 0 Å². The standard InChI is InChI=1S/C16H24O6/c1-12(11-14(17)18)15(19)21-9-5-6-10-22-16(20)13-7-3-2-4-8-13/h11,13H,2-10H2,1H3,(H,17,18)/b12-11+. The van der Waals surface area contributed by atoms with Crippen LogP contribution in [0.1, 0.15) is 51.9 Å². The molecule has 0 heterocycles. The number of carboxylic acid groups (broad SMARTS) is 1. The summed E-state index contributed by atoms with van der Waals surface area (Å²) in [5, 5.41) is 8.50. The van der Waals surface area contributed by atoms with Gasteiger partial charge in [0.2, 0.25) is 0 Å². The fraction of sp³-hybridized carbons (Fsp3) is 0.688. The Hall–Kier alpha value is -1.85. The second-order valence-corrected chi connectivity index (χ2v) is 5.51. The van der Waals surface area contributed by atoms with E-state index in [9.17, 15) is 14.4 Å². The highest BCUT2D eigenvalue weighted by atomic mass is 16.5. The van der Waals surface area contributed by atoms with E-state index < -0.39 is 11.9 Å². The molecule has 1 fully saturated rings. The number of aliphatic carboxylic acids is 1. The summed E-state index contributed by atoms with van der Waals surface area (Å²) in [6, 6.07) is 0. The molecule has 0 spiro atoms. The Morgan fingerprint density at radius 1 is 1.05 bits per heavy atom. The molecule has 1 rings (SSSR count). The second-order valence-electron chi connectivity index (χ2n) is 5.51. The monoisotopic (exact) mass is 312 g/mol. The SMILES string of the molecule is C/C(=C\C(=O)O)C(=O)OCCCCOC(=O)C1CCCCC1. The lowest BCUT2D eigenvalue weighted by Crippen LogP contribution is -2.20. The molecule has 0 unspecified atom stereocenters. The Kier molecular flexibility index (Phi) is 8.25. The number of carboxylic acids is 1. The van der Waals surface area contributed by atoms with Crippen molar-refractivity contribution in [2.24, 2.45) is 5.92 Å². The van der Waals surface area contributed by atoms with Gasteiger partial charge in [-0.05, 0) is 32.6 Å². The summed E-state index contributed by atoms with van der Waals surface area (Å²) in [5.41, 5.74) is 0.0521. The molecule has 124 valence electrons. The van der Waals surface area contributed by atoms with Crippen molar-refractivity contribution in [2.75, 3.05) is 13.2 Å². The van der Waals surface area contributed by atoms with Crippen LogP contribution in [0, 0.1) is 5.92 Å². The zero-order valence-electron chi connectivity index (χ0n) is 13.0. The van der Waals surface area contributed by atoms with Crippen LogP contribution in [0.15, 0.2) is 11.6 Å². The number of hydrogen-bond donors (Lipinski definition) is 1. The van der Waals surface area contributed by atoms with E-state index in [0.717, 1.165) is 31.8 Å². The Bertz CT molecular complexity index is 420. The topological polar surface area (TPSA) is 89.9 Å². The summed E-state index contributed by atoms with van der Waals surface area (Å²) < 4.78 is 10.1. The number of carbonyl (C=O) groups is 3. The zero-order chi connectivity index (χ0) is 16.4. The molecular weight excluding hydrogens is 288 g/mol. The summed E-state index contributed by atoms with van der Waals surface area (Å²) in [4.78, 5) is 33.5. The van der Waals surface area contributed by atoms with Crippen molar-refractivity contribution < 1.29 is 29.0 Å². The van der Waals surface area contributed by atoms with Gasteiger partial charge in [-0.2, -0.15) is 0 Å². The number of unbranched alkanes of at least 4 members (excludes halogenated alkanes) is 1. The fourth-order valence-corrected chi connectivity index (χ4v) is 2.36. The van der Waals surface area contributed by atoms with Crippen LogP contribution in [0.4, 0.5) is 0 Å². The molecule has 1 saturated carbocycles. The molecule has 0 amide bonds. The normalized spacial score (nSPS) is 16.1. The van der Waals surface area contributed by atoms with Crippen molar-refractivity contribution in [1.29, 1.82) is 0 Å². The van der Waals surface area contributed by atoms with Crippen molar-refractivity contribution in [3.05, 3.63) is 11.6 Å². The van der Waals surface area contributed by atoms with Crippen molar-refractivity contribution >= 4 is 17.9 Å². The van der Waals surface area contributed by atoms with Crippen LogP contribution in [-0.2, 0) is 23.9 Å². The molecule has 6 heteroatoms. The fourth-order valence-electron chi connectivity index (χ4n) is 2.36. The molecule has 0 radical (unpaired) electrons. The first kappa shape index (κ1) is 18.2. The maximum absolute atomic E-state index is 11.8. The summed E-state index contributed by atoms with van der Waals surface area (Å²) in [6.07, 6.45) is 7.24. The van der Waals surface area contributed by atoms with Gasteiger partial charge in [0, 0.05) is 11.6 Å². The van der Waals surface area contributed by atoms with E-state index >= 15 is 0 Å². The van der Waals surface area contributed by atoms with Gasteiger partial charge in [-0.1, -0.05) is 19.3 Å². The van der Waals surface area contributed by atoms with Crippen LogP contribution >= 0.6 is 0 Å². The quantitative estimate of drug-likeness (QED) is 0.420. The third-order valence-electron chi connectivity index (χ3n) is 3.62. The molecule has 1 aliphatic carbocycles. The Balaban J connectivity index is 2.07. The summed E-state index contributed by atoms with van der Waals surface area (Å²) in [5.74, 6) is -1.88. The van der Waals surface area contributed by atoms with Gasteiger partial charge in [0.15, 0.2) is 0 Å². The lowest BCUT2D eigenvalue weighted by molar-refractivity contribution is -0.150. The molecule has 0 saturated heterocycles. The molecule has 1 N–H and O–H groups in total. The minimum atomic E-state index is -1.18. The second kappa shape index (κ2) is 9.97. The van der Waals surface area contributed by atoms with Crippen LogP contribution in [0.25, 0.3) is 0 Å². The van der Waals surface area contributed by atoms with Crippen LogP contribution in [0.5, 0.6) is 0 Å². The number of rotatable bonds is 8. The number of carbonyl (C=O) groups excluding carboxylic acids is 2. The average Bonchev–Trinajstić information content (AvgIpc) is 2.50. The molecule has 6 nitrogen and oxygen atoms in total. The van der Waals surface area contributed by atoms with E-state index in [1.54, 1.807) is 0 Å². The minimum absolute atomic E-state index is 0.0513. The van der Waals surface area contributed by atoms with E-state index in [0.29, 0.717) is 19.4 Å². The molecular formula is C16H24O6. The van der Waals surface area contributed by atoms with Gasteiger partial charge in [-0.3, -0.25) is 4.79 Å². The van der Waals surface area contributed by atoms with Gasteiger partial charge in [0.25, 0.3) is 0 Å². The predicted octanol–water partition coefficient (Wildman–Crippen LogP) is 2.46. The molecule has 0 aromatic carbocycles. The van der Waals surface area contributed by atoms with Crippen LogP contribution in [-0.4, -0.2) is 36.2 Å². The van der Waals surface area contributed by atoms with Crippen molar-refractivity contribution in [2.45, 2.75) is 51.9 Å². The minimum Gasteiger partial charge on any atom is -0.478 e. The first-order valence-corrected chi connectivity index (χ1v) is 7.75. The Labute approximate surface area is 130 Å². The van der Waals surface area contributed by atoms with Gasteiger partial charge in [-0.25, -0.2) is 9.59 Å². The molecule has 0 aromatic rings. The first-order valence-electron chi connectivity index (χ1n) is 7.75. The Morgan fingerprint density at radius 3 is 2.23 bits per heavy atom. The lowest BCUT2D eigenvalue weighted by atomic mass is 9.89. The highest BCUT2D eigenvalue weighted by Crippen LogP contribution is 2.24. The van der Waals surface area contributed by atoms with Crippen molar-refractivity contribution in [1.82, 2.24) is 0 Å². The van der Waals surface area contributed by atoms with Gasteiger partial charge in [0.1, 0.15) is 0 Å². The number of ether oxygens (including phenoxy) is 2. The number of esters is 2. The van der Waals surface area contributed by atoms with E-state index in [4.69, 9.17) is 14.6 Å². The Morgan fingerprint density at radius 2 is 1.64 bits per heavy atom. The van der Waals surface area contributed by atoms with Crippen LogP contribution < -0.4 is 0 Å². The predicted molar refractivity (Wildman–Crippen MR) is 79.1 cm³/mol. The molecule has 22 heavy (non-hydrogen) atoms. The summed E-state index contributed by atoms with van der Waals surface area (Å²) in [7, 11) is 0. The maximum Gasteiger partial charge on any atom is 0.333 e. The maximum atomic E-state index is 11.8. The lowest BCUT2D eigenvalue weighted by Gasteiger charge is -2.19. The summed E-state index contributed by atoms with van der Waals surface area (Å²) >= 11 is 0. The third kappa shape index (κ3) is 7.24. The van der Waals surface area contributed by atoms with E-state index in [1.165, 1.54) is 13.3 Å². The zero-order valence-corrected chi connectivity index (χ0v) is 13.0. The van der Waals surface area contributed by atoms with E-state index in [1.807, 2.05) is 0 Å². The van der Waals surface area contributed by atoms with Crippen LogP contribution in [0.2, 0.25) is 0 Å². The van der Waals surface area contributed by atoms with Gasteiger partial charge in [-0.15, -0.1) is 0 Å². The highest BCUT2D eigenvalue weighted by Gasteiger charge is 2.22. The van der Waals surface area contributed by atoms with Crippen LogP contribution in [0.3, 0.4) is 0 Å². The largest absolute Gasteiger partial charge is 0.478 e. The molecule has 1 aliphatic rings. The van der Waals surface area contributed by atoms with Gasteiger partial charge >= 0.3 is 17.9 Å². The van der Waals surface area contributed by atoms with Gasteiger partial charge < -0.3 is 14.6 Å². The van der Waals surface area contributed by atoms with Crippen molar-refractivity contribution in [3.8, 4) is 0 Å². The highest BCUT2D eigenvalue weighted by molar-refractivity contribution is 5.95. The molecule has 0 atom stereocenters. The van der Waals surface area contributed by atoms with E-state index in [-0.39, 0.29) is 24.1 Å². The third-order valence-corrected chi connectivity index (χ3v) is 3.62. The average molecular weight is 312 g/mol. The number of hydrogen-bond acceptors (Lipinski definition) is 5. The van der Waals surface area contributed by atoms with Crippen molar-refractivity contribution in [3.63, 3.8) is 0 Å². The first-order chi connectivity index (χ1) is 10.5. The molecule has 0 bridgehead atoms. The summed E-state index contributed by atoms with van der Waals surface area (Å²) in [6.45, 7) is 1.91. The molecule has 0 aliphatic heterocycles. The van der Waals surface area contributed by atoms with Gasteiger partial charge in [0.05, 0.1) is 19.1 Å².